The molecule has 1 fully saturated rings. The Morgan fingerprint density at radius 3 is 2.67 bits per heavy atom. The molecule has 1 aliphatic heterocycles. The van der Waals surface area contributed by atoms with Gasteiger partial charge in [0, 0.05) is 6.61 Å². The number of amides is 2. The van der Waals surface area contributed by atoms with Gasteiger partial charge in [0.05, 0.1) is 11.6 Å². The highest BCUT2D eigenvalue weighted by molar-refractivity contribution is 5.82. The fraction of sp³-hybridized carbons (Fsp3) is 0.833. The maximum atomic E-state index is 11.8. The van der Waals surface area contributed by atoms with Gasteiger partial charge in [0.2, 0.25) is 0 Å². The number of rotatable bonds is 5. The molecule has 3 N–H and O–H groups in total. The molecule has 1 saturated heterocycles. The maximum absolute atomic E-state index is 11.8. The van der Waals surface area contributed by atoms with Gasteiger partial charge in [-0.25, -0.2) is 9.59 Å². The van der Waals surface area contributed by atoms with Crippen molar-refractivity contribution in [2.75, 3.05) is 6.61 Å². The largest absolute Gasteiger partial charge is 0.480 e. The van der Waals surface area contributed by atoms with Gasteiger partial charge in [-0.15, -0.1) is 0 Å². The molecule has 1 aliphatic rings. The van der Waals surface area contributed by atoms with E-state index in [2.05, 4.69) is 10.6 Å². The first-order chi connectivity index (χ1) is 8.39. The third-order valence-electron chi connectivity index (χ3n) is 3.47. The Balaban J connectivity index is 2.52. The van der Waals surface area contributed by atoms with E-state index >= 15 is 0 Å². The number of nitrogens with one attached hydrogen (secondary N) is 2. The van der Waals surface area contributed by atoms with Gasteiger partial charge >= 0.3 is 12.0 Å². The van der Waals surface area contributed by atoms with Gasteiger partial charge in [-0.05, 0) is 26.7 Å². The summed E-state index contributed by atoms with van der Waals surface area (Å²) in [6.07, 6.45) is 1.78. The molecule has 0 bridgehead atoms. The first-order valence-corrected chi connectivity index (χ1v) is 6.32. The van der Waals surface area contributed by atoms with Crippen molar-refractivity contribution < 1.29 is 19.4 Å². The number of urea groups is 1. The van der Waals surface area contributed by atoms with Crippen LogP contribution >= 0.6 is 0 Å². The monoisotopic (exact) mass is 258 g/mol. The third kappa shape index (κ3) is 3.60. The highest BCUT2D eigenvalue weighted by atomic mass is 16.5. The Morgan fingerprint density at radius 2 is 2.22 bits per heavy atom. The van der Waals surface area contributed by atoms with Crippen LogP contribution in [-0.4, -0.2) is 41.4 Å². The van der Waals surface area contributed by atoms with E-state index in [0.29, 0.717) is 19.4 Å². The van der Waals surface area contributed by atoms with Crippen LogP contribution in [0.15, 0.2) is 0 Å². The summed E-state index contributed by atoms with van der Waals surface area (Å²) in [5, 5.41) is 14.3. The van der Waals surface area contributed by atoms with E-state index in [1.807, 2.05) is 20.8 Å². The van der Waals surface area contributed by atoms with E-state index in [1.54, 1.807) is 0 Å². The van der Waals surface area contributed by atoms with Gasteiger partial charge in [0.25, 0.3) is 0 Å². The third-order valence-corrected chi connectivity index (χ3v) is 3.47. The van der Waals surface area contributed by atoms with Crippen LogP contribution in [0.1, 0.15) is 40.0 Å². The number of carbonyl (C=O) groups excluding carboxylic acids is 1. The Hall–Kier alpha value is -1.30. The number of hydrogen-bond acceptors (Lipinski definition) is 3. The molecule has 0 spiro atoms. The average Bonchev–Trinajstić information content (AvgIpc) is 2.58. The summed E-state index contributed by atoms with van der Waals surface area (Å²) < 4.78 is 5.41. The van der Waals surface area contributed by atoms with Crippen LogP contribution in [0, 0.1) is 0 Å². The molecule has 0 saturated carbocycles. The second kappa shape index (κ2) is 6.04. The summed E-state index contributed by atoms with van der Waals surface area (Å²) in [5.74, 6) is -1.01. The van der Waals surface area contributed by atoms with E-state index < -0.39 is 23.6 Å². The topological polar surface area (TPSA) is 87.7 Å². The molecule has 3 atom stereocenters. The van der Waals surface area contributed by atoms with Crippen molar-refractivity contribution in [3.8, 4) is 0 Å². The van der Waals surface area contributed by atoms with Crippen LogP contribution < -0.4 is 10.6 Å². The van der Waals surface area contributed by atoms with Crippen LogP contribution in [0.5, 0.6) is 0 Å². The normalized spacial score (nSPS) is 28.7. The van der Waals surface area contributed by atoms with Crippen molar-refractivity contribution in [1.82, 2.24) is 10.6 Å². The lowest BCUT2D eigenvalue weighted by atomic mass is 9.95. The van der Waals surface area contributed by atoms with Crippen molar-refractivity contribution in [2.24, 2.45) is 0 Å². The molecule has 0 aromatic heterocycles. The second-order valence-electron chi connectivity index (χ2n) is 4.96. The van der Waals surface area contributed by atoms with Gasteiger partial charge in [-0.1, -0.05) is 13.3 Å². The summed E-state index contributed by atoms with van der Waals surface area (Å²) in [7, 11) is 0. The highest BCUT2D eigenvalue weighted by Crippen LogP contribution is 2.24. The number of ether oxygens (including phenoxy) is 1. The zero-order chi connectivity index (χ0) is 13.8. The van der Waals surface area contributed by atoms with Crippen LogP contribution in [-0.2, 0) is 9.53 Å². The fourth-order valence-corrected chi connectivity index (χ4v) is 2.00. The number of aliphatic carboxylic acids is 1. The Morgan fingerprint density at radius 1 is 1.56 bits per heavy atom. The van der Waals surface area contributed by atoms with E-state index in [9.17, 15) is 9.59 Å². The van der Waals surface area contributed by atoms with Crippen molar-refractivity contribution in [1.29, 1.82) is 0 Å². The molecule has 0 aromatic carbocycles. The Labute approximate surface area is 107 Å². The molecule has 0 radical (unpaired) electrons. The molecular weight excluding hydrogens is 236 g/mol. The lowest BCUT2D eigenvalue weighted by Gasteiger charge is -2.29. The second-order valence-corrected chi connectivity index (χ2v) is 4.96. The van der Waals surface area contributed by atoms with Crippen LogP contribution in [0.25, 0.3) is 0 Å². The average molecular weight is 258 g/mol. The zero-order valence-corrected chi connectivity index (χ0v) is 11.2. The minimum absolute atomic E-state index is 0.0716. The number of carboxylic acid groups (broad SMARTS) is 1. The summed E-state index contributed by atoms with van der Waals surface area (Å²) in [6, 6.07) is -1.29. The smallest absolute Gasteiger partial charge is 0.326 e. The van der Waals surface area contributed by atoms with E-state index in [0.717, 1.165) is 6.42 Å². The van der Waals surface area contributed by atoms with Crippen molar-refractivity contribution >= 4 is 12.0 Å². The highest BCUT2D eigenvalue weighted by Gasteiger charge is 2.38. The standard InChI is InChI=1S/C12H22N2O4/c1-4-5-9(10(15)16)13-11(17)14-12(3)6-7-18-8(12)2/h8-9H,4-7H2,1-3H3,(H,15,16)(H2,13,14,17). The maximum Gasteiger partial charge on any atom is 0.326 e. The summed E-state index contributed by atoms with van der Waals surface area (Å²) in [6.45, 7) is 6.28. The van der Waals surface area contributed by atoms with E-state index in [4.69, 9.17) is 9.84 Å². The molecule has 0 aromatic rings. The quantitative estimate of drug-likeness (QED) is 0.689. The minimum Gasteiger partial charge on any atom is -0.480 e. The van der Waals surface area contributed by atoms with Crippen LogP contribution in [0.4, 0.5) is 4.79 Å². The van der Waals surface area contributed by atoms with Crippen LogP contribution in [0.3, 0.4) is 0 Å². The molecule has 104 valence electrons. The fourth-order valence-electron chi connectivity index (χ4n) is 2.00. The van der Waals surface area contributed by atoms with Gasteiger partial charge in [0.1, 0.15) is 6.04 Å². The predicted octanol–water partition coefficient (Wildman–Crippen LogP) is 1.11. The molecule has 1 rings (SSSR count). The Bertz CT molecular complexity index is 321. The molecule has 2 amide bonds. The summed E-state index contributed by atoms with van der Waals surface area (Å²) >= 11 is 0. The molecule has 0 aliphatic carbocycles. The molecule has 3 unspecified atom stereocenters. The lowest BCUT2D eigenvalue weighted by Crippen LogP contribution is -2.56. The van der Waals surface area contributed by atoms with Crippen LogP contribution in [0.2, 0.25) is 0 Å². The van der Waals surface area contributed by atoms with Gasteiger partial charge in [0.15, 0.2) is 0 Å². The molecule has 6 nitrogen and oxygen atoms in total. The number of carboxylic acids is 1. The van der Waals surface area contributed by atoms with Crippen molar-refractivity contribution in [3.05, 3.63) is 0 Å². The zero-order valence-electron chi connectivity index (χ0n) is 11.2. The molecular formula is C12H22N2O4. The van der Waals surface area contributed by atoms with Gasteiger partial charge in [-0.3, -0.25) is 0 Å². The molecule has 1 heterocycles. The lowest BCUT2D eigenvalue weighted by molar-refractivity contribution is -0.139. The summed E-state index contributed by atoms with van der Waals surface area (Å²) in [5.41, 5.74) is -0.431. The molecule has 6 heteroatoms. The minimum atomic E-state index is -1.01. The first kappa shape index (κ1) is 14.8. The SMILES string of the molecule is CCCC(NC(=O)NC1(C)CCOC1C)C(=O)O. The predicted molar refractivity (Wildman–Crippen MR) is 66.4 cm³/mol. The number of hydrogen-bond donors (Lipinski definition) is 3. The van der Waals surface area contributed by atoms with Crippen molar-refractivity contribution in [3.63, 3.8) is 0 Å². The van der Waals surface area contributed by atoms with E-state index in [-0.39, 0.29) is 6.10 Å². The molecule has 18 heavy (non-hydrogen) atoms. The first-order valence-electron chi connectivity index (χ1n) is 6.32. The summed E-state index contributed by atoms with van der Waals surface area (Å²) in [4.78, 5) is 22.7. The van der Waals surface area contributed by atoms with E-state index in [1.165, 1.54) is 0 Å². The Kier molecular flexibility index (Phi) is 4.95. The number of carbonyl (C=O) groups is 2. The van der Waals surface area contributed by atoms with Crippen molar-refractivity contribution in [2.45, 2.75) is 57.7 Å². The van der Waals surface area contributed by atoms with Gasteiger partial charge in [-0.2, -0.15) is 0 Å². The van der Waals surface area contributed by atoms with Gasteiger partial charge < -0.3 is 20.5 Å².